The minimum atomic E-state index is 0.118. The predicted molar refractivity (Wildman–Crippen MR) is 136 cm³/mol. The standard InChI is InChI=1S/C26H31N5O3/c1-3-33-22-11-9-18(15-23(22)34-4-2)31-16-21(32)24(25(31)27)26-28-19-10-8-17(14-20(19)29-26)30-12-6-5-7-13-30/h8-11,14-15,27,32H,3-7,12-13,16H2,1-2H3,(H,28,29). The lowest BCUT2D eigenvalue weighted by Gasteiger charge is -2.28. The van der Waals surface area contributed by atoms with Gasteiger partial charge in [0.25, 0.3) is 0 Å². The molecule has 2 aromatic carbocycles. The Morgan fingerprint density at radius 1 is 0.971 bits per heavy atom. The number of H-pyrrole nitrogens is 1. The lowest BCUT2D eigenvalue weighted by Crippen LogP contribution is -2.29. The van der Waals surface area contributed by atoms with Gasteiger partial charge >= 0.3 is 0 Å². The molecule has 0 radical (unpaired) electrons. The van der Waals surface area contributed by atoms with E-state index in [-0.39, 0.29) is 18.1 Å². The van der Waals surface area contributed by atoms with Crippen molar-refractivity contribution in [3.8, 4) is 11.5 Å². The van der Waals surface area contributed by atoms with Gasteiger partial charge in [-0.3, -0.25) is 5.41 Å². The van der Waals surface area contributed by atoms with Crippen LogP contribution in [0.25, 0.3) is 16.6 Å². The first-order valence-electron chi connectivity index (χ1n) is 12.0. The van der Waals surface area contributed by atoms with Gasteiger partial charge in [-0.1, -0.05) is 0 Å². The number of amidine groups is 1. The van der Waals surface area contributed by atoms with Gasteiger partial charge in [-0.25, -0.2) is 4.98 Å². The molecule has 0 unspecified atom stereocenters. The van der Waals surface area contributed by atoms with E-state index in [1.54, 1.807) is 4.90 Å². The molecule has 0 spiro atoms. The Balaban J connectivity index is 1.42. The smallest absolute Gasteiger partial charge is 0.163 e. The summed E-state index contributed by atoms with van der Waals surface area (Å²) in [6, 6.07) is 11.8. The van der Waals surface area contributed by atoms with E-state index in [1.807, 2.05) is 38.1 Å². The summed E-state index contributed by atoms with van der Waals surface area (Å²) in [5, 5.41) is 19.6. The molecule has 1 saturated heterocycles. The molecule has 1 fully saturated rings. The summed E-state index contributed by atoms with van der Waals surface area (Å²) in [6.07, 6.45) is 3.73. The van der Waals surface area contributed by atoms with Gasteiger partial charge < -0.3 is 29.4 Å². The highest BCUT2D eigenvalue weighted by Crippen LogP contribution is 2.36. The van der Waals surface area contributed by atoms with E-state index in [9.17, 15) is 5.11 Å². The van der Waals surface area contributed by atoms with Crippen LogP contribution in [0.5, 0.6) is 11.5 Å². The topological polar surface area (TPSA) is 97.7 Å². The second kappa shape index (κ2) is 9.29. The molecule has 0 amide bonds. The Morgan fingerprint density at radius 2 is 1.71 bits per heavy atom. The lowest BCUT2D eigenvalue weighted by molar-refractivity contribution is 0.288. The molecule has 3 heterocycles. The molecule has 3 aromatic rings. The van der Waals surface area contributed by atoms with Gasteiger partial charge in [0.15, 0.2) is 11.5 Å². The van der Waals surface area contributed by atoms with Gasteiger partial charge in [-0.2, -0.15) is 0 Å². The Labute approximate surface area is 199 Å². The number of hydrogen-bond acceptors (Lipinski definition) is 6. The lowest BCUT2D eigenvalue weighted by atomic mass is 10.1. The van der Waals surface area contributed by atoms with Crippen LogP contribution in [0.15, 0.2) is 42.2 Å². The molecule has 0 aliphatic carbocycles. The monoisotopic (exact) mass is 461 g/mol. The summed E-state index contributed by atoms with van der Waals surface area (Å²) in [5.74, 6) is 2.10. The normalized spacial score (nSPS) is 16.6. The molecular weight excluding hydrogens is 430 g/mol. The SMILES string of the molecule is CCOc1ccc(N2CC(O)=C(c3nc4ccc(N5CCCCC5)cc4[nH]3)C2=N)cc1OCC. The molecule has 5 rings (SSSR count). The molecule has 34 heavy (non-hydrogen) atoms. The average molecular weight is 462 g/mol. The van der Waals surface area contributed by atoms with Crippen molar-refractivity contribution in [1.29, 1.82) is 5.41 Å². The number of hydrogen-bond donors (Lipinski definition) is 3. The number of rotatable bonds is 7. The fourth-order valence-corrected chi connectivity index (χ4v) is 4.72. The van der Waals surface area contributed by atoms with Crippen LogP contribution < -0.4 is 19.3 Å². The van der Waals surface area contributed by atoms with E-state index in [2.05, 4.69) is 22.0 Å². The van der Waals surface area contributed by atoms with Gasteiger partial charge in [0, 0.05) is 30.5 Å². The zero-order valence-corrected chi connectivity index (χ0v) is 19.7. The van der Waals surface area contributed by atoms with E-state index < -0.39 is 0 Å². The minimum Gasteiger partial charge on any atom is -0.509 e. The number of anilines is 2. The van der Waals surface area contributed by atoms with Crippen LogP contribution in [0.3, 0.4) is 0 Å². The molecule has 8 nitrogen and oxygen atoms in total. The van der Waals surface area contributed by atoms with E-state index in [4.69, 9.17) is 19.9 Å². The second-order valence-corrected chi connectivity index (χ2v) is 8.59. The molecule has 0 saturated carbocycles. The number of nitrogens with one attached hydrogen (secondary N) is 2. The number of fused-ring (bicyclic) bond motifs is 1. The molecule has 178 valence electrons. The van der Waals surface area contributed by atoms with Crippen molar-refractivity contribution in [2.45, 2.75) is 33.1 Å². The van der Waals surface area contributed by atoms with Gasteiger partial charge in [0.1, 0.15) is 17.4 Å². The summed E-state index contributed by atoms with van der Waals surface area (Å²) in [4.78, 5) is 12.2. The van der Waals surface area contributed by atoms with E-state index >= 15 is 0 Å². The second-order valence-electron chi connectivity index (χ2n) is 8.59. The first-order valence-corrected chi connectivity index (χ1v) is 12.0. The van der Waals surface area contributed by atoms with Crippen LogP contribution in [-0.2, 0) is 0 Å². The van der Waals surface area contributed by atoms with Crippen molar-refractivity contribution in [2.75, 3.05) is 42.6 Å². The van der Waals surface area contributed by atoms with E-state index in [0.29, 0.717) is 36.1 Å². The van der Waals surface area contributed by atoms with Crippen molar-refractivity contribution in [3.63, 3.8) is 0 Å². The summed E-state index contributed by atoms with van der Waals surface area (Å²) in [5.41, 5.74) is 4.08. The van der Waals surface area contributed by atoms with Crippen molar-refractivity contribution in [2.24, 2.45) is 0 Å². The summed E-state index contributed by atoms with van der Waals surface area (Å²) < 4.78 is 11.4. The van der Waals surface area contributed by atoms with E-state index in [1.165, 1.54) is 24.9 Å². The van der Waals surface area contributed by atoms with E-state index in [0.717, 1.165) is 29.8 Å². The Kier molecular flexibility index (Phi) is 6.04. The number of nitrogens with zero attached hydrogens (tertiary/aromatic N) is 3. The Morgan fingerprint density at radius 3 is 2.47 bits per heavy atom. The Hall–Kier alpha value is -3.68. The zero-order valence-electron chi connectivity index (χ0n) is 19.7. The fourth-order valence-electron chi connectivity index (χ4n) is 4.72. The molecule has 2 aliphatic heterocycles. The van der Waals surface area contributed by atoms with Crippen molar-refractivity contribution >= 4 is 33.8 Å². The maximum atomic E-state index is 10.8. The molecule has 2 aliphatic rings. The zero-order chi connectivity index (χ0) is 23.7. The molecular formula is C26H31N5O3. The predicted octanol–water partition coefficient (Wildman–Crippen LogP) is 5.12. The highest BCUT2D eigenvalue weighted by Gasteiger charge is 2.32. The first kappa shape index (κ1) is 22.1. The fraction of sp³-hybridized carbons (Fsp3) is 0.385. The quantitative estimate of drug-likeness (QED) is 0.452. The minimum absolute atomic E-state index is 0.118. The maximum absolute atomic E-state index is 10.8. The third-order valence-electron chi connectivity index (χ3n) is 6.37. The number of aromatic amines is 1. The van der Waals surface area contributed by atoms with Crippen molar-refractivity contribution < 1.29 is 14.6 Å². The molecule has 0 atom stereocenters. The summed E-state index contributed by atoms with van der Waals surface area (Å²) >= 11 is 0. The third kappa shape index (κ3) is 4.04. The number of aromatic nitrogens is 2. The molecule has 0 bridgehead atoms. The van der Waals surface area contributed by atoms with Crippen LogP contribution >= 0.6 is 0 Å². The number of benzene rings is 2. The van der Waals surface area contributed by atoms with Crippen molar-refractivity contribution in [1.82, 2.24) is 9.97 Å². The van der Waals surface area contributed by atoms with Crippen LogP contribution in [0.2, 0.25) is 0 Å². The molecule has 1 aromatic heterocycles. The highest BCUT2D eigenvalue weighted by atomic mass is 16.5. The van der Waals surface area contributed by atoms with Gasteiger partial charge in [0.2, 0.25) is 0 Å². The highest BCUT2D eigenvalue weighted by molar-refractivity contribution is 6.30. The number of piperidine rings is 1. The summed E-state index contributed by atoms with van der Waals surface area (Å²) in [7, 11) is 0. The largest absolute Gasteiger partial charge is 0.509 e. The van der Waals surface area contributed by atoms with Gasteiger partial charge in [-0.15, -0.1) is 0 Å². The van der Waals surface area contributed by atoms with Gasteiger partial charge in [-0.05, 0) is 63.4 Å². The average Bonchev–Trinajstić information content (AvgIpc) is 3.40. The van der Waals surface area contributed by atoms with Crippen LogP contribution in [0.1, 0.15) is 38.9 Å². The van der Waals surface area contributed by atoms with Crippen LogP contribution in [-0.4, -0.2) is 53.8 Å². The first-order chi connectivity index (χ1) is 16.6. The Bertz CT molecular complexity index is 1240. The van der Waals surface area contributed by atoms with Crippen LogP contribution in [0, 0.1) is 5.41 Å². The number of ether oxygens (including phenoxy) is 2. The van der Waals surface area contributed by atoms with Gasteiger partial charge in [0.05, 0.1) is 36.4 Å². The maximum Gasteiger partial charge on any atom is 0.163 e. The third-order valence-corrected chi connectivity index (χ3v) is 6.37. The number of aliphatic hydroxyl groups is 1. The summed E-state index contributed by atoms with van der Waals surface area (Å²) in [6.45, 7) is 7.24. The van der Waals surface area contributed by atoms with Crippen molar-refractivity contribution in [3.05, 3.63) is 48.0 Å². The number of aliphatic hydroxyl groups excluding tert-OH is 1. The number of imidazole rings is 1. The molecule has 8 heteroatoms. The molecule has 3 N–H and O–H groups in total. The van der Waals surface area contributed by atoms with Crippen LogP contribution in [0.4, 0.5) is 11.4 Å².